The fourth-order valence-electron chi connectivity index (χ4n) is 1.63. The van der Waals surface area contributed by atoms with E-state index >= 15 is 0 Å². The van der Waals surface area contributed by atoms with Crippen molar-refractivity contribution < 1.29 is 9.84 Å². The number of hydrogen-bond donors (Lipinski definition) is 1. The summed E-state index contributed by atoms with van der Waals surface area (Å²) in [4.78, 5) is 0. The largest absolute Gasteiger partial charge is 0.396 e. The van der Waals surface area contributed by atoms with Gasteiger partial charge in [0.15, 0.2) is 0 Å². The van der Waals surface area contributed by atoms with Gasteiger partial charge in [-0.15, -0.1) is 0 Å². The molecule has 1 aromatic carbocycles. The second-order valence-electron chi connectivity index (χ2n) is 4.55. The van der Waals surface area contributed by atoms with Crippen molar-refractivity contribution >= 4 is 0 Å². The summed E-state index contributed by atoms with van der Waals surface area (Å²) in [6.45, 7) is 5.99. The number of aliphatic hydroxyl groups excluding tert-OH is 1. The lowest BCUT2D eigenvalue weighted by Crippen LogP contribution is -2.10. The van der Waals surface area contributed by atoms with Crippen molar-refractivity contribution in [3.8, 4) is 0 Å². The molecule has 0 aromatic heterocycles. The van der Waals surface area contributed by atoms with Gasteiger partial charge >= 0.3 is 0 Å². The maximum absolute atomic E-state index is 9.33. The zero-order valence-corrected chi connectivity index (χ0v) is 10.2. The molecule has 2 heteroatoms. The Hall–Kier alpha value is -0.860. The molecule has 1 unspecified atom stereocenters. The van der Waals surface area contributed by atoms with Crippen molar-refractivity contribution in [2.24, 2.45) is 5.92 Å². The number of rotatable bonds is 7. The Morgan fingerprint density at radius 2 is 1.88 bits per heavy atom. The minimum Gasteiger partial charge on any atom is -0.396 e. The van der Waals surface area contributed by atoms with E-state index in [1.165, 1.54) is 5.56 Å². The maximum Gasteiger partial charge on any atom is 0.0500 e. The molecule has 0 radical (unpaired) electrons. The van der Waals surface area contributed by atoms with Gasteiger partial charge in [-0.1, -0.05) is 44.2 Å². The van der Waals surface area contributed by atoms with Crippen molar-refractivity contribution in [1.29, 1.82) is 0 Å². The minimum atomic E-state index is 0.190. The van der Waals surface area contributed by atoms with Crippen LogP contribution >= 0.6 is 0 Å². The Kier molecular flexibility index (Phi) is 6.12. The summed E-state index contributed by atoms with van der Waals surface area (Å²) >= 11 is 0. The summed E-state index contributed by atoms with van der Waals surface area (Å²) in [7, 11) is 0. The van der Waals surface area contributed by atoms with Crippen LogP contribution in [0.4, 0.5) is 0 Å². The molecule has 0 fully saturated rings. The van der Waals surface area contributed by atoms with Crippen molar-refractivity contribution in [2.75, 3.05) is 19.8 Å². The van der Waals surface area contributed by atoms with E-state index in [0.29, 0.717) is 5.92 Å². The van der Waals surface area contributed by atoms with Gasteiger partial charge in [-0.25, -0.2) is 0 Å². The minimum absolute atomic E-state index is 0.190. The zero-order chi connectivity index (χ0) is 11.8. The third-order valence-corrected chi connectivity index (χ3v) is 2.55. The standard InChI is InChI=1S/C14H22O2/c1-12(2)11-16-9-8-14(10-15)13-6-4-3-5-7-13/h3-7,12,14-15H,8-11H2,1-2H3. The van der Waals surface area contributed by atoms with Gasteiger partial charge in [0.05, 0.1) is 6.61 Å². The fraction of sp³-hybridized carbons (Fsp3) is 0.571. The lowest BCUT2D eigenvalue weighted by Gasteiger charge is -2.15. The fourth-order valence-corrected chi connectivity index (χ4v) is 1.63. The van der Waals surface area contributed by atoms with Gasteiger partial charge in [-0.05, 0) is 17.9 Å². The van der Waals surface area contributed by atoms with E-state index in [4.69, 9.17) is 4.74 Å². The van der Waals surface area contributed by atoms with Gasteiger partial charge < -0.3 is 9.84 Å². The molecule has 0 aliphatic carbocycles. The Morgan fingerprint density at radius 1 is 1.19 bits per heavy atom. The lowest BCUT2D eigenvalue weighted by molar-refractivity contribution is 0.0977. The van der Waals surface area contributed by atoms with Crippen LogP contribution in [0.3, 0.4) is 0 Å². The SMILES string of the molecule is CC(C)COCCC(CO)c1ccccc1. The van der Waals surface area contributed by atoms with Crippen LogP contribution in [0, 0.1) is 5.92 Å². The molecule has 16 heavy (non-hydrogen) atoms. The normalized spacial score (nSPS) is 13.0. The first-order valence-electron chi connectivity index (χ1n) is 5.97. The van der Waals surface area contributed by atoms with Crippen LogP contribution in [0.5, 0.6) is 0 Å². The number of ether oxygens (including phenoxy) is 1. The lowest BCUT2D eigenvalue weighted by atomic mass is 9.97. The molecule has 0 heterocycles. The van der Waals surface area contributed by atoms with E-state index in [0.717, 1.165) is 19.6 Å². The summed E-state index contributed by atoms with van der Waals surface area (Å²) in [6.07, 6.45) is 0.882. The molecule has 0 aliphatic heterocycles. The molecule has 0 saturated heterocycles. The van der Waals surface area contributed by atoms with Crippen LogP contribution in [-0.4, -0.2) is 24.9 Å². The quantitative estimate of drug-likeness (QED) is 0.719. The van der Waals surface area contributed by atoms with Crippen molar-refractivity contribution in [1.82, 2.24) is 0 Å². The van der Waals surface area contributed by atoms with Crippen molar-refractivity contribution in [3.05, 3.63) is 35.9 Å². The Bertz CT molecular complexity index is 269. The van der Waals surface area contributed by atoms with Crippen LogP contribution in [0.2, 0.25) is 0 Å². The Morgan fingerprint density at radius 3 is 2.44 bits per heavy atom. The van der Waals surface area contributed by atoms with E-state index < -0.39 is 0 Å². The predicted molar refractivity (Wildman–Crippen MR) is 66.5 cm³/mol. The Balaban J connectivity index is 2.33. The summed E-state index contributed by atoms with van der Waals surface area (Å²) in [5.74, 6) is 0.776. The summed E-state index contributed by atoms with van der Waals surface area (Å²) in [5, 5.41) is 9.33. The van der Waals surface area contributed by atoms with Gasteiger partial charge in [-0.2, -0.15) is 0 Å². The highest BCUT2D eigenvalue weighted by molar-refractivity contribution is 5.19. The molecular formula is C14H22O2. The van der Waals surface area contributed by atoms with E-state index in [9.17, 15) is 5.11 Å². The molecule has 1 N–H and O–H groups in total. The van der Waals surface area contributed by atoms with Gasteiger partial charge in [0, 0.05) is 19.1 Å². The highest BCUT2D eigenvalue weighted by atomic mass is 16.5. The topological polar surface area (TPSA) is 29.5 Å². The molecule has 1 aromatic rings. The molecule has 90 valence electrons. The van der Waals surface area contributed by atoms with Gasteiger partial charge in [-0.3, -0.25) is 0 Å². The van der Waals surface area contributed by atoms with Crippen molar-refractivity contribution in [2.45, 2.75) is 26.2 Å². The smallest absolute Gasteiger partial charge is 0.0500 e. The molecule has 0 amide bonds. The van der Waals surface area contributed by atoms with E-state index in [1.807, 2.05) is 18.2 Å². The maximum atomic E-state index is 9.33. The first-order chi connectivity index (χ1) is 7.74. The molecule has 0 aliphatic rings. The second kappa shape index (κ2) is 7.42. The van der Waals surface area contributed by atoms with Gasteiger partial charge in [0.2, 0.25) is 0 Å². The van der Waals surface area contributed by atoms with Crippen molar-refractivity contribution in [3.63, 3.8) is 0 Å². The molecule has 0 spiro atoms. The highest BCUT2D eigenvalue weighted by Crippen LogP contribution is 2.18. The van der Waals surface area contributed by atoms with Gasteiger partial charge in [0.1, 0.15) is 0 Å². The zero-order valence-electron chi connectivity index (χ0n) is 10.2. The third kappa shape index (κ3) is 4.77. The molecular weight excluding hydrogens is 200 g/mol. The van der Waals surface area contributed by atoms with Crippen LogP contribution in [0.15, 0.2) is 30.3 Å². The van der Waals surface area contributed by atoms with Crippen LogP contribution in [0.25, 0.3) is 0 Å². The number of aliphatic hydroxyl groups is 1. The number of hydrogen-bond acceptors (Lipinski definition) is 2. The average molecular weight is 222 g/mol. The summed E-state index contributed by atoms with van der Waals surface area (Å²) < 4.78 is 5.54. The monoisotopic (exact) mass is 222 g/mol. The summed E-state index contributed by atoms with van der Waals surface area (Å²) in [5.41, 5.74) is 1.19. The predicted octanol–water partition coefficient (Wildman–Crippen LogP) is 2.83. The van der Waals surface area contributed by atoms with Crippen LogP contribution in [-0.2, 0) is 4.74 Å². The van der Waals surface area contributed by atoms with Gasteiger partial charge in [0.25, 0.3) is 0 Å². The molecule has 1 atom stereocenters. The van der Waals surface area contributed by atoms with Crippen LogP contribution < -0.4 is 0 Å². The van der Waals surface area contributed by atoms with Crippen LogP contribution in [0.1, 0.15) is 31.7 Å². The summed E-state index contributed by atoms with van der Waals surface area (Å²) in [6, 6.07) is 10.1. The molecule has 0 bridgehead atoms. The first-order valence-corrected chi connectivity index (χ1v) is 5.97. The average Bonchev–Trinajstić information content (AvgIpc) is 2.30. The molecule has 1 rings (SSSR count). The van der Waals surface area contributed by atoms with E-state index in [2.05, 4.69) is 26.0 Å². The first kappa shape index (κ1) is 13.2. The Labute approximate surface area is 98.3 Å². The molecule has 2 nitrogen and oxygen atoms in total. The molecule has 0 saturated carbocycles. The number of benzene rings is 1. The second-order valence-corrected chi connectivity index (χ2v) is 4.55. The highest BCUT2D eigenvalue weighted by Gasteiger charge is 2.09. The van der Waals surface area contributed by atoms with E-state index in [-0.39, 0.29) is 12.5 Å². The van der Waals surface area contributed by atoms with E-state index in [1.54, 1.807) is 0 Å². The third-order valence-electron chi connectivity index (χ3n) is 2.55.